The minimum Gasteiger partial charge on any atom is -0.454 e. The highest BCUT2D eigenvalue weighted by atomic mass is 35.5. The number of halogens is 3. The molecule has 0 saturated carbocycles. The van der Waals surface area contributed by atoms with Crippen molar-refractivity contribution in [3.8, 4) is 11.5 Å². The Morgan fingerprint density at radius 1 is 1.35 bits per heavy atom. The smallest absolute Gasteiger partial charge is 0.286 e. The molecule has 13 heteroatoms. The van der Waals surface area contributed by atoms with Gasteiger partial charge in [0.15, 0.2) is 17.2 Å². The summed E-state index contributed by atoms with van der Waals surface area (Å²) in [5.74, 6) is -1.85. The van der Waals surface area contributed by atoms with E-state index in [4.69, 9.17) is 21.1 Å². The van der Waals surface area contributed by atoms with Crippen LogP contribution in [0.25, 0.3) is 11.2 Å². The van der Waals surface area contributed by atoms with Crippen LogP contribution in [-0.4, -0.2) is 48.3 Å². The Morgan fingerprint density at radius 3 is 2.86 bits per heavy atom. The van der Waals surface area contributed by atoms with E-state index >= 15 is 0 Å². The van der Waals surface area contributed by atoms with E-state index in [1.165, 1.54) is 23.9 Å². The number of fused-ring (bicyclic) bond motifs is 1. The van der Waals surface area contributed by atoms with Crippen LogP contribution in [0.15, 0.2) is 30.6 Å². The first-order chi connectivity index (χ1) is 17.6. The summed E-state index contributed by atoms with van der Waals surface area (Å²) in [4.78, 5) is 24.4. The lowest BCUT2D eigenvalue weighted by Gasteiger charge is -2.16. The number of nitrogens with zero attached hydrogens (tertiary/aromatic N) is 6. The summed E-state index contributed by atoms with van der Waals surface area (Å²) < 4.78 is 42.9. The minimum absolute atomic E-state index is 0.0168. The normalized spacial score (nSPS) is 15.9. The number of ketones is 1. The predicted octanol–water partition coefficient (Wildman–Crippen LogP) is 4.95. The van der Waals surface area contributed by atoms with Crippen molar-refractivity contribution in [2.45, 2.75) is 38.7 Å². The van der Waals surface area contributed by atoms with Gasteiger partial charge in [0.1, 0.15) is 27.8 Å². The topological polar surface area (TPSA) is 109 Å². The van der Waals surface area contributed by atoms with Gasteiger partial charge in [-0.2, -0.15) is 18.9 Å². The number of alkyl halides is 2. The standard InChI is InChI=1S/C24H24ClF2N7O3/c1-13(35)8-14-9-16(4-6-28-14)37-17-11-29-22-21(20(17)25)33(3)23(31-22)30-19-10-18(24(2,26)27)34(32-19)15-5-7-36-12-15/h4,6,9-11,15H,5,7-8,12H2,1-3H3,(H,29,30,31,32)/t15-/m1/s1. The van der Waals surface area contributed by atoms with E-state index in [2.05, 4.69) is 25.4 Å². The average Bonchev–Trinajstić information content (AvgIpc) is 3.55. The fraction of sp³-hybridized carbons (Fsp3) is 0.375. The van der Waals surface area contributed by atoms with Gasteiger partial charge in [-0.1, -0.05) is 11.6 Å². The van der Waals surface area contributed by atoms with Crippen molar-refractivity contribution in [3.05, 3.63) is 47.0 Å². The zero-order valence-corrected chi connectivity index (χ0v) is 21.1. The van der Waals surface area contributed by atoms with E-state index in [1.807, 2.05) is 0 Å². The highest BCUT2D eigenvalue weighted by molar-refractivity contribution is 6.36. The molecule has 1 fully saturated rings. The monoisotopic (exact) mass is 531 g/mol. The lowest BCUT2D eigenvalue weighted by molar-refractivity contribution is -0.116. The van der Waals surface area contributed by atoms with E-state index in [9.17, 15) is 13.6 Å². The van der Waals surface area contributed by atoms with E-state index < -0.39 is 5.92 Å². The quantitative estimate of drug-likeness (QED) is 0.340. The number of nitrogens with one attached hydrogen (secondary N) is 1. The number of pyridine rings is 2. The van der Waals surface area contributed by atoms with Crippen LogP contribution < -0.4 is 10.1 Å². The van der Waals surface area contributed by atoms with Gasteiger partial charge in [-0.15, -0.1) is 0 Å². The molecule has 0 radical (unpaired) electrons. The Hall–Kier alpha value is -3.64. The second-order valence-corrected chi connectivity index (χ2v) is 9.33. The van der Waals surface area contributed by atoms with Gasteiger partial charge in [0.2, 0.25) is 5.95 Å². The Labute approximate surface area is 215 Å². The van der Waals surface area contributed by atoms with Crippen LogP contribution in [0.2, 0.25) is 5.02 Å². The molecule has 0 aromatic carbocycles. The molecule has 1 N–H and O–H groups in total. The zero-order chi connectivity index (χ0) is 26.3. The highest BCUT2D eigenvalue weighted by Gasteiger charge is 2.34. The Balaban J connectivity index is 1.44. The summed E-state index contributed by atoms with van der Waals surface area (Å²) in [5, 5.41) is 7.64. The largest absolute Gasteiger partial charge is 0.454 e. The number of ether oxygens (including phenoxy) is 2. The lowest BCUT2D eigenvalue weighted by atomic mass is 10.2. The molecule has 1 aliphatic rings. The molecule has 0 unspecified atom stereocenters. The maximum Gasteiger partial charge on any atom is 0.286 e. The average molecular weight is 532 g/mol. The first-order valence-electron chi connectivity index (χ1n) is 11.6. The molecule has 4 aromatic heterocycles. The van der Waals surface area contributed by atoms with Crippen molar-refractivity contribution in [3.63, 3.8) is 0 Å². The van der Waals surface area contributed by atoms with Gasteiger partial charge in [0.25, 0.3) is 5.92 Å². The van der Waals surface area contributed by atoms with E-state index in [0.29, 0.717) is 48.2 Å². The van der Waals surface area contributed by atoms with Crippen LogP contribution in [0.4, 0.5) is 20.5 Å². The number of hydrogen-bond donors (Lipinski definition) is 1. The predicted molar refractivity (Wildman–Crippen MR) is 132 cm³/mol. The minimum atomic E-state index is -3.09. The van der Waals surface area contributed by atoms with Crippen molar-refractivity contribution in [2.24, 2.45) is 7.05 Å². The maximum atomic E-state index is 14.3. The van der Waals surface area contributed by atoms with Crippen LogP contribution in [-0.2, 0) is 28.9 Å². The Kier molecular flexibility index (Phi) is 6.54. The molecule has 1 aliphatic heterocycles. The molecule has 0 amide bonds. The third kappa shape index (κ3) is 5.12. The summed E-state index contributed by atoms with van der Waals surface area (Å²) in [5.41, 5.74) is 1.17. The number of Topliss-reactive ketones (excluding diaryl/α,β-unsaturated/α-hetero) is 1. The van der Waals surface area contributed by atoms with Crippen molar-refractivity contribution in [1.29, 1.82) is 0 Å². The number of carbonyl (C=O) groups is 1. The van der Waals surface area contributed by atoms with Crippen LogP contribution >= 0.6 is 11.6 Å². The number of hydrogen-bond acceptors (Lipinski definition) is 8. The van der Waals surface area contributed by atoms with Gasteiger partial charge >= 0.3 is 0 Å². The van der Waals surface area contributed by atoms with Gasteiger partial charge < -0.3 is 19.4 Å². The fourth-order valence-corrected chi connectivity index (χ4v) is 4.48. The maximum absolute atomic E-state index is 14.3. The molecular formula is C24H24ClF2N7O3. The molecule has 0 bridgehead atoms. The second kappa shape index (κ2) is 9.67. The number of carbonyl (C=O) groups excluding carboxylic acids is 1. The van der Waals surface area contributed by atoms with Crippen molar-refractivity contribution in [1.82, 2.24) is 29.3 Å². The number of anilines is 2. The Morgan fingerprint density at radius 2 is 2.16 bits per heavy atom. The van der Waals surface area contributed by atoms with Crippen molar-refractivity contribution in [2.75, 3.05) is 18.5 Å². The third-order valence-corrected chi connectivity index (χ3v) is 6.29. The number of rotatable bonds is 8. The van der Waals surface area contributed by atoms with Gasteiger partial charge in [-0.3, -0.25) is 14.5 Å². The fourth-order valence-electron chi connectivity index (χ4n) is 4.19. The molecule has 194 valence electrons. The number of aryl methyl sites for hydroxylation is 1. The van der Waals surface area contributed by atoms with E-state index in [1.54, 1.807) is 29.9 Å². The summed E-state index contributed by atoms with van der Waals surface area (Å²) in [6.45, 7) is 3.15. The second-order valence-electron chi connectivity index (χ2n) is 8.96. The molecule has 4 aromatic rings. The third-order valence-electron chi connectivity index (χ3n) is 5.93. The van der Waals surface area contributed by atoms with Gasteiger partial charge in [-0.05, 0) is 19.4 Å². The SMILES string of the molecule is CC(=O)Cc1cc(Oc2cnc3nc(Nc4cc(C(C)(F)F)n([C@@H]5CCOC5)n4)n(C)c3c2Cl)ccn1. The highest BCUT2D eigenvalue weighted by Crippen LogP contribution is 2.37. The van der Waals surface area contributed by atoms with E-state index in [-0.39, 0.29) is 40.5 Å². The number of aromatic nitrogens is 6. The molecule has 0 spiro atoms. The molecule has 37 heavy (non-hydrogen) atoms. The van der Waals surface area contributed by atoms with Crippen molar-refractivity contribution < 1.29 is 23.0 Å². The molecule has 5 heterocycles. The first kappa shape index (κ1) is 25.0. The van der Waals surface area contributed by atoms with Crippen molar-refractivity contribution >= 4 is 40.3 Å². The van der Waals surface area contributed by atoms with E-state index in [0.717, 1.165) is 6.92 Å². The summed E-state index contributed by atoms with van der Waals surface area (Å²) in [6, 6.07) is 4.35. The summed E-state index contributed by atoms with van der Waals surface area (Å²) in [6.07, 6.45) is 3.78. The molecule has 0 aliphatic carbocycles. The molecule has 10 nitrogen and oxygen atoms in total. The van der Waals surface area contributed by atoms with Crippen LogP contribution in [0.5, 0.6) is 11.5 Å². The van der Waals surface area contributed by atoms with Crippen LogP contribution in [0.1, 0.15) is 37.7 Å². The Bertz CT molecular complexity index is 1480. The molecule has 1 saturated heterocycles. The lowest BCUT2D eigenvalue weighted by Crippen LogP contribution is -2.20. The van der Waals surface area contributed by atoms with Gasteiger partial charge in [0.05, 0.1) is 24.5 Å². The molecule has 5 rings (SSSR count). The van der Waals surface area contributed by atoms with Gasteiger partial charge in [0, 0.05) is 45.3 Å². The molecular weight excluding hydrogens is 508 g/mol. The van der Waals surface area contributed by atoms with Crippen LogP contribution in [0.3, 0.4) is 0 Å². The molecule has 1 atom stereocenters. The van der Waals surface area contributed by atoms with Crippen LogP contribution in [0, 0.1) is 0 Å². The number of imidazole rings is 1. The zero-order valence-electron chi connectivity index (χ0n) is 20.3. The van der Waals surface area contributed by atoms with Gasteiger partial charge in [-0.25, -0.2) is 4.98 Å². The summed E-state index contributed by atoms with van der Waals surface area (Å²) >= 11 is 6.66. The first-order valence-corrected chi connectivity index (χ1v) is 11.9. The summed E-state index contributed by atoms with van der Waals surface area (Å²) in [7, 11) is 1.71.